The monoisotopic (exact) mass is 266 g/mol. The molecule has 0 aliphatic carbocycles. The van der Waals surface area contributed by atoms with Gasteiger partial charge in [0.25, 0.3) is 5.91 Å². The van der Waals surface area contributed by atoms with Crippen molar-refractivity contribution in [2.75, 3.05) is 12.8 Å². The summed E-state index contributed by atoms with van der Waals surface area (Å²) < 4.78 is 6.56. The number of ether oxygens (including phenoxy) is 1. The van der Waals surface area contributed by atoms with Gasteiger partial charge in [-0.25, -0.2) is 4.79 Å². The molecule has 0 spiro atoms. The third kappa shape index (κ3) is 3.16. The largest absolute Gasteiger partial charge is 0.445 e. The minimum Gasteiger partial charge on any atom is -0.445 e. The van der Waals surface area contributed by atoms with Gasteiger partial charge in [0.15, 0.2) is 0 Å². The number of hydrogen-bond donors (Lipinski definition) is 1. The molecule has 0 bridgehead atoms. The molecule has 96 valence electrons. The zero-order valence-corrected chi connectivity index (χ0v) is 10.8. The molecule has 1 atom stereocenters. The smallest absolute Gasteiger partial charge is 0.408 e. The van der Waals surface area contributed by atoms with Gasteiger partial charge in [0.1, 0.15) is 12.6 Å². The summed E-state index contributed by atoms with van der Waals surface area (Å²) in [6.07, 6.45) is -0.562. The van der Waals surface area contributed by atoms with E-state index in [4.69, 9.17) is 4.74 Å². The number of likely N-dealkylation sites (N-methyl/N-ethyl adjacent to an activating group) is 1. The summed E-state index contributed by atoms with van der Waals surface area (Å²) >= 11 is 1.38. The lowest BCUT2D eigenvalue weighted by Gasteiger charge is -2.11. The van der Waals surface area contributed by atoms with Crippen LogP contribution in [-0.2, 0) is 16.1 Å². The van der Waals surface area contributed by atoms with Gasteiger partial charge in [0.2, 0.25) is 0 Å². The number of amides is 2. The van der Waals surface area contributed by atoms with Gasteiger partial charge in [-0.1, -0.05) is 30.3 Å². The van der Waals surface area contributed by atoms with Crippen LogP contribution < -0.4 is 5.32 Å². The van der Waals surface area contributed by atoms with Crippen LogP contribution in [0, 0.1) is 0 Å². The first kappa shape index (κ1) is 12.8. The molecule has 0 aromatic heterocycles. The Kier molecular flexibility index (Phi) is 4.09. The lowest BCUT2D eigenvalue weighted by molar-refractivity contribution is -0.125. The standard InChI is InChI=1S/C12H14N2O3S/c1-14-11(15)10(8-18-14)13-12(16)17-7-9-5-3-2-4-6-9/h2-6,10H,7-8H2,1H3,(H,13,16). The van der Waals surface area contributed by atoms with Crippen LogP contribution in [0.1, 0.15) is 5.56 Å². The fourth-order valence-corrected chi connectivity index (χ4v) is 2.40. The predicted octanol–water partition coefficient (Wildman–Crippen LogP) is 1.40. The molecular weight excluding hydrogens is 252 g/mol. The van der Waals surface area contributed by atoms with Gasteiger partial charge in [0, 0.05) is 12.8 Å². The Morgan fingerprint density at radius 1 is 1.50 bits per heavy atom. The molecule has 5 nitrogen and oxygen atoms in total. The van der Waals surface area contributed by atoms with Crippen LogP contribution in [-0.4, -0.2) is 35.1 Å². The number of rotatable bonds is 3. The van der Waals surface area contributed by atoms with E-state index in [-0.39, 0.29) is 12.5 Å². The van der Waals surface area contributed by atoms with E-state index in [0.717, 1.165) is 5.56 Å². The van der Waals surface area contributed by atoms with Gasteiger partial charge >= 0.3 is 6.09 Å². The van der Waals surface area contributed by atoms with Gasteiger partial charge in [-0.15, -0.1) is 0 Å². The fourth-order valence-electron chi connectivity index (χ4n) is 1.55. The zero-order valence-electron chi connectivity index (χ0n) is 9.96. The number of benzene rings is 1. The molecule has 2 rings (SSSR count). The van der Waals surface area contributed by atoms with E-state index >= 15 is 0 Å². The third-order valence-electron chi connectivity index (χ3n) is 2.55. The van der Waals surface area contributed by atoms with E-state index in [9.17, 15) is 9.59 Å². The van der Waals surface area contributed by atoms with Crippen LogP contribution in [0.15, 0.2) is 30.3 Å². The second-order valence-corrected chi connectivity index (χ2v) is 5.03. The Bertz CT molecular complexity index is 438. The topological polar surface area (TPSA) is 58.6 Å². The maximum atomic E-state index is 11.5. The molecule has 1 aromatic rings. The van der Waals surface area contributed by atoms with Crippen molar-refractivity contribution in [2.24, 2.45) is 0 Å². The molecule has 2 amide bonds. The van der Waals surface area contributed by atoms with Crippen LogP contribution in [0.25, 0.3) is 0 Å². The first-order valence-electron chi connectivity index (χ1n) is 5.54. The molecule has 1 heterocycles. The average Bonchev–Trinajstić information content (AvgIpc) is 2.70. The van der Waals surface area contributed by atoms with E-state index in [1.165, 1.54) is 16.3 Å². The maximum Gasteiger partial charge on any atom is 0.408 e. The van der Waals surface area contributed by atoms with Crippen molar-refractivity contribution >= 4 is 23.9 Å². The van der Waals surface area contributed by atoms with Crippen molar-refractivity contribution < 1.29 is 14.3 Å². The quantitative estimate of drug-likeness (QED) is 0.840. The number of nitrogens with one attached hydrogen (secondary N) is 1. The van der Waals surface area contributed by atoms with Crippen LogP contribution in [0.2, 0.25) is 0 Å². The van der Waals surface area contributed by atoms with Crippen LogP contribution in [0.5, 0.6) is 0 Å². The third-order valence-corrected chi connectivity index (χ3v) is 3.60. The van der Waals surface area contributed by atoms with Gasteiger partial charge < -0.3 is 10.1 Å². The van der Waals surface area contributed by atoms with Crippen molar-refractivity contribution in [1.29, 1.82) is 0 Å². The van der Waals surface area contributed by atoms with Gasteiger partial charge in [-0.2, -0.15) is 0 Å². The van der Waals surface area contributed by atoms with Gasteiger partial charge in [0.05, 0.1) is 0 Å². The van der Waals surface area contributed by atoms with Crippen molar-refractivity contribution in [3.63, 3.8) is 0 Å². The lowest BCUT2D eigenvalue weighted by atomic mass is 10.2. The fraction of sp³-hybridized carbons (Fsp3) is 0.333. The van der Waals surface area contributed by atoms with E-state index in [1.807, 2.05) is 30.3 Å². The highest BCUT2D eigenvalue weighted by atomic mass is 32.2. The maximum absolute atomic E-state index is 11.5. The SMILES string of the molecule is CN1SCC(NC(=O)OCc2ccccc2)C1=O. The Hall–Kier alpha value is -1.69. The van der Waals surface area contributed by atoms with E-state index < -0.39 is 12.1 Å². The summed E-state index contributed by atoms with van der Waals surface area (Å²) in [5, 5.41) is 2.56. The van der Waals surface area contributed by atoms with Gasteiger partial charge in [-0.3, -0.25) is 9.10 Å². The highest BCUT2D eigenvalue weighted by Gasteiger charge is 2.31. The molecule has 18 heavy (non-hydrogen) atoms. The van der Waals surface area contributed by atoms with Crippen LogP contribution >= 0.6 is 11.9 Å². The first-order chi connectivity index (χ1) is 8.66. The summed E-state index contributed by atoms with van der Waals surface area (Å²) in [4.78, 5) is 23.1. The van der Waals surface area contributed by atoms with E-state index in [2.05, 4.69) is 5.32 Å². The Balaban J connectivity index is 1.78. The highest BCUT2D eigenvalue weighted by molar-refractivity contribution is 7.98. The molecule has 0 saturated carbocycles. The van der Waals surface area contributed by atoms with Crippen molar-refractivity contribution in [3.05, 3.63) is 35.9 Å². The number of carbonyl (C=O) groups is 2. The van der Waals surface area contributed by atoms with Crippen molar-refractivity contribution in [3.8, 4) is 0 Å². The first-order valence-corrected chi connectivity index (χ1v) is 6.49. The molecule has 1 aromatic carbocycles. The summed E-state index contributed by atoms with van der Waals surface area (Å²) in [6.45, 7) is 0.205. The summed E-state index contributed by atoms with van der Waals surface area (Å²) in [7, 11) is 1.68. The molecule has 0 radical (unpaired) electrons. The molecule has 1 unspecified atom stereocenters. The van der Waals surface area contributed by atoms with Crippen LogP contribution in [0.4, 0.5) is 4.79 Å². The number of alkyl carbamates (subject to hydrolysis) is 1. The highest BCUT2D eigenvalue weighted by Crippen LogP contribution is 2.19. The second kappa shape index (κ2) is 5.77. The minimum atomic E-state index is -0.562. The number of carbonyl (C=O) groups excluding carboxylic acids is 2. The van der Waals surface area contributed by atoms with Gasteiger partial charge in [-0.05, 0) is 17.5 Å². The molecule has 1 aliphatic rings. The summed E-state index contributed by atoms with van der Waals surface area (Å²) in [5.41, 5.74) is 0.914. The van der Waals surface area contributed by atoms with E-state index in [0.29, 0.717) is 5.75 Å². The summed E-state index contributed by atoms with van der Waals surface area (Å²) in [5.74, 6) is 0.451. The van der Waals surface area contributed by atoms with Crippen LogP contribution in [0.3, 0.4) is 0 Å². The second-order valence-electron chi connectivity index (χ2n) is 3.89. The number of hydrogen-bond acceptors (Lipinski definition) is 4. The van der Waals surface area contributed by atoms with Crippen molar-refractivity contribution in [2.45, 2.75) is 12.6 Å². The molecule has 1 fully saturated rings. The molecule has 1 saturated heterocycles. The molecule has 6 heteroatoms. The van der Waals surface area contributed by atoms with E-state index in [1.54, 1.807) is 7.05 Å². The Morgan fingerprint density at radius 3 is 2.83 bits per heavy atom. The molecule has 1 aliphatic heterocycles. The van der Waals surface area contributed by atoms with Crippen molar-refractivity contribution in [1.82, 2.24) is 9.62 Å². The Morgan fingerprint density at radius 2 is 2.22 bits per heavy atom. The minimum absolute atomic E-state index is 0.100. The molecular formula is C12H14N2O3S. The number of nitrogens with zero attached hydrogens (tertiary/aromatic N) is 1. The molecule has 1 N–H and O–H groups in total. The average molecular weight is 266 g/mol. The Labute approximate surface area is 110 Å². The lowest BCUT2D eigenvalue weighted by Crippen LogP contribution is -2.42. The summed E-state index contributed by atoms with van der Waals surface area (Å²) in [6, 6.07) is 8.91. The predicted molar refractivity (Wildman–Crippen MR) is 68.8 cm³/mol. The normalized spacial score (nSPS) is 18.8. The zero-order chi connectivity index (χ0) is 13.0.